The van der Waals surface area contributed by atoms with Gasteiger partial charge < -0.3 is 10.1 Å². The molecule has 0 aliphatic carbocycles. The first kappa shape index (κ1) is 15.5. The van der Waals surface area contributed by atoms with Crippen molar-refractivity contribution in [1.29, 1.82) is 0 Å². The van der Waals surface area contributed by atoms with Crippen LogP contribution in [0.15, 0.2) is 23.1 Å². The molecule has 3 nitrogen and oxygen atoms in total. The number of halogens is 2. The van der Waals surface area contributed by atoms with Crippen molar-refractivity contribution in [2.45, 2.75) is 36.0 Å². The summed E-state index contributed by atoms with van der Waals surface area (Å²) in [6, 6.07) is 3.06. The smallest absolute Gasteiger partial charge is 0.139 e. The number of ether oxygens (including phenoxy) is 1. The summed E-state index contributed by atoms with van der Waals surface area (Å²) in [7, 11) is -1.63. The molecule has 1 aromatic carbocycles. The molecule has 20 heavy (non-hydrogen) atoms. The maximum Gasteiger partial charge on any atom is 0.139 e. The number of rotatable bonds is 5. The van der Waals surface area contributed by atoms with Gasteiger partial charge in [-0.1, -0.05) is 6.92 Å². The van der Waals surface area contributed by atoms with Gasteiger partial charge in [0.25, 0.3) is 0 Å². The number of benzene rings is 1. The monoisotopic (exact) mass is 303 g/mol. The molecule has 0 spiro atoms. The highest BCUT2D eigenvalue weighted by Crippen LogP contribution is 2.22. The fourth-order valence-electron chi connectivity index (χ4n) is 2.28. The van der Waals surface area contributed by atoms with E-state index in [0.717, 1.165) is 37.6 Å². The molecule has 2 rings (SSSR count). The van der Waals surface area contributed by atoms with Crippen LogP contribution in [-0.2, 0) is 15.5 Å². The molecule has 3 unspecified atom stereocenters. The molecule has 1 N–H and O–H groups in total. The summed E-state index contributed by atoms with van der Waals surface area (Å²) in [6.45, 7) is 3.75. The van der Waals surface area contributed by atoms with Crippen LogP contribution < -0.4 is 5.32 Å². The Kier molecular flexibility index (Phi) is 5.63. The van der Waals surface area contributed by atoms with Gasteiger partial charge in [-0.15, -0.1) is 0 Å². The van der Waals surface area contributed by atoms with Crippen LogP contribution in [0.2, 0.25) is 0 Å². The SMILES string of the molecule is CCCNC1CCOCC1S(=O)c1cc(F)ccc1F. The van der Waals surface area contributed by atoms with Gasteiger partial charge in [0.2, 0.25) is 0 Å². The Balaban J connectivity index is 2.18. The molecule has 1 heterocycles. The van der Waals surface area contributed by atoms with Crippen molar-refractivity contribution in [3.05, 3.63) is 29.8 Å². The van der Waals surface area contributed by atoms with Crippen molar-refractivity contribution in [2.75, 3.05) is 19.8 Å². The van der Waals surface area contributed by atoms with E-state index in [-0.39, 0.29) is 16.2 Å². The van der Waals surface area contributed by atoms with Crippen molar-refractivity contribution in [3.63, 3.8) is 0 Å². The van der Waals surface area contributed by atoms with Crippen LogP contribution in [0.25, 0.3) is 0 Å². The molecule has 0 bridgehead atoms. The van der Waals surface area contributed by atoms with Crippen LogP contribution in [0.1, 0.15) is 19.8 Å². The van der Waals surface area contributed by atoms with Crippen molar-refractivity contribution in [1.82, 2.24) is 5.32 Å². The van der Waals surface area contributed by atoms with Gasteiger partial charge in [-0.3, -0.25) is 4.21 Å². The maximum absolute atomic E-state index is 13.7. The predicted molar refractivity (Wildman–Crippen MR) is 74.1 cm³/mol. The molecule has 1 aliphatic heterocycles. The Hall–Kier alpha value is -0.850. The second kappa shape index (κ2) is 7.24. The largest absolute Gasteiger partial charge is 0.380 e. The van der Waals surface area contributed by atoms with E-state index in [2.05, 4.69) is 5.32 Å². The highest BCUT2D eigenvalue weighted by Gasteiger charge is 2.32. The van der Waals surface area contributed by atoms with Gasteiger partial charge in [0.05, 0.1) is 27.6 Å². The van der Waals surface area contributed by atoms with Crippen molar-refractivity contribution in [3.8, 4) is 0 Å². The van der Waals surface area contributed by atoms with Gasteiger partial charge in [0, 0.05) is 12.6 Å². The van der Waals surface area contributed by atoms with E-state index in [9.17, 15) is 13.0 Å². The molecule has 1 saturated heterocycles. The molecule has 0 radical (unpaired) electrons. The van der Waals surface area contributed by atoms with E-state index in [1.165, 1.54) is 0 Å². The summed E-state index contributed by atoms with van der Waals surface area (Å²) < 4.78 is 44.8. The summed E-state index contributed by atoms with van der Waals surface area (Å²) in [6.07, 6.45) is 1.69. The molecule has 6 heteroatoms. The first-order chi connectivity index (χ1) is 9.63. The van der Waals surface area contributed by atoms with E-state index in [1.54, 1.807) is 0 Å². The van der Waals surface area contributed by atoms with E-state index in [1.807, 2.05) is 6.92 Å². The van der Waals surface area contributed by atoms with Crippen molar-refractivity contribution >= 4 is 10.8 Å². The van der Waals surface area contributed by atoms with Crippen LogP contribution in [0.5, 0.6) is 0 Å². The minimum absolute atomic E-state index is 0.00667. The van der Waals surface area contributed by atoms with E-state index >= 15 is 0 Å². The summed E-state index contributed by atoms with van der Waals surface area (Å²) >= 11 is 0. The van der Waals surface area contributed by atoms with Gasteiger partial charge in [-0.2, -0.15) is 0 Å². The average Bonchev–Trinajstić information content (AvgIpc) is 2.47. The summed E-state index contributed by atoms with van der Waals surface area (Å²) in [5, 5.41) is 2.96. The van der Waals surface area contributed by atoms with Crippen molar-refractivity contribution in [2.24, 2.45) is 0 Å². The fraction of sp³-hybridized carbons (Fsp3) is 0.571. The third kappa shape index (κ3) is 3.62. The minimum atomic E-state index is -1.63. The highest BCUT2D eigenvalue weighted by molar-refractivity contribution is 7.85. The fourth-order valence-corrected chi connectivity index (χ4v) is 3.85. The average molecular weight is 303 g/mol. The van der Waals surface area contributed by atoms with E-state index < -0.39 is 22.4 Å². The molecule has 0 amide bonds. The van der Waals surface area contributed by atoms with Gasteiger partial charge in [-0.05, 0) is 37.6 Å². The number of nitrogens with one attached hydrogen (secondary N) is 1. The Morgan fingerprint density at radius 2 is 2.25 bits per heavy atom. The number of hydrogen-bond acceptors (Lipinski definition) is 3. The molecule has 1 fully saturated rings. The van der Waals surface area contributed by atoms with Gasteiger partial charge in [0.1, 0.15) is 11.6 Å². The molecular formula is C14H19F2NO2S. The van der Waals surface area contributed by atoms with Gasteiger partial charge >= 0.3 is 0 Å². The van der Waals surface area contributed by atoms with Crippen LogP contribution in [0.4, 0.5) is 8.78 Å². The topological polar surface area (TPSA) is 38.3 Å². The lowest BCUT2D eigenvalue weighted by Crippen LogP contribution is -2.48. The molecule has 0 saturated carbocycles. The zero-order valence-electron chi connectivity index (χ0n) is 11.4. The Morgan fingerprint density at radius 3 is 3.00 bits per heavy atom. The second-order valence-corrected chi connectivity index (χ2v) is 6.47. The van der Waals surface area contributed by atoms with Crippen molar-refractivity contribution < 1.29 is 17.7 Å². The highest BCUT2D eigenvalue weighted by atomic mass is 32.2. The van der Waals surface area contributed by atoms with Crippen LogP contribution in [0.3, 0.4) is 0 Å². The lowest BCUT2D eigenvalue weighted by molar-refractivity contribution is 0.0820. The summed E-state index contributed by atoms with van der Waals surface area (Å²) in [5.74, 6) is -1.21. The maximum atomic E-state index is 13.7. The van der Waals surface area contributed by atoms with Crippen LogP contribution in [0, 0.1) is 11.6 Å². The summed E-state index contributed by atoms with van der Waals surface area (Å²) in [4.78, 5) is -0.0798. The standard InChI is InChI=1S/C14H19F2NO2S/c1-2-6-17-12-5-7-19-9-14(12)20(18)13-8-10(15)3-4-11(13)16/h3-4,8,12,14,17H,2,5-7,9H2,1H3. The van der Waals surface area contributed by atoms with Gasteiger partial charge in [-0.25, -0.2) is 8.78 Å². The Labute approximate surface area is 120 Å². The third-order valence-corrected chi connectivity index (χ3v) is 5.11. The lowest BCUT2D eigenvalue weighted by Gasteiger charge is -2.31. The zero-order valence-corrected chi connectivity index (χ0v) is 12.2. The molecular weight excluding hydrogens is 284 g/mol. The normalized spacial score (nSPS) is 24.6. The molecule has 1 aromatic rings. The number of hydrogen-bond donors (Lipinski definition) is 1. The quantitative estimate of drug-likeness (QED) is 0.906. The minimum Gasteiger partial charge on any atom is -0.380 e. The Bertz CT molecular complexity index is 484. The van der Waals surface area contributed by atoms with E-state index in [4.69, 9.17) is 4.74 Å². The molecule has 1 aliphatic rings. The first-order valence-corrected chi connectivity index (χ1v) is 8.01. The Morgan fingerprint density at radius 1 is 1.45 bits per heavy atom. The lowest BCUT2D eigenvalue weighted by atomic mass is 10.1. The second-order valence-electron chi connectivity index (χ2n) is 4.83. The van der Waals surface area contributed by atoms with Crippen LogP contribution >= 0.6 is 0 Å². The summed E-state index contributed by atoms with van der Waals surface area (Å²) in [5.41, 5.74) is 0. The zero-order chi connectivity index (χ0) is 14.5. The van der Waals surface area contributed by atoms with Crippen LogP contribution in [-0.4, -0.2) is 35.3 Å². The molecule has 3 atom stereocenters. The third-order valence-electron chi connectivity index (χ3n) is 3.35. The molecule has 112 valence electrons. The first-order valence-electron chi connectivity index (χ1n) is 6.80. The van der Waals surface area contributed by atoms with Gasteiger partial charge in [0.15, 0.2) is 0 Å². The predicted octanol–water partition coefficient (Wildman–Crippen LogP) is 2.23. The molecule has 0 aromatic heterocycles. The van der Waals surface area contributed by atoms with E-state index in [0.29, 0.717) is 13.2 Å².